The second kappa shape index (κ2) is 6.91. The smallest absolute Gasteiger partial charge is 0.234 e. The van der Waals surface area contributed by atoms with Gasteiger partial charge in [-0.1, -0.05) is 12.1 Å². The van der Waals surface area contributed by atoms with Crippen molar-refractivity contribution in [3.63, 3.8) is 0 Å². The van der Waals surface area contributed by atoms with E-state index in [1.54, 1.807) is 12.4 Å². The van der Waals surface area contributed by atoms with Crippen LogP contribution in [0.4, 0.5) is 0 Å². The van der Waals surface area contributed by atoms with Crippen molar-refractivity contribution in [2.24, 2.45) is 0 Å². The first-order valence-electron chi connectivity index (χ1n) is 7.06. The van der Waals surface area contributed by atoms with E-state index in [2.05, 4.69) is 15.6 Å². The number of carbonyl (C=O) groups is 1. The number of ether oxygens (including phenoxy) is 2. The van der Waals surface area contributed by atoms with E-state index in [1.807, 2.05) is 30.3 Å². The van der Waals surface area contributed by atoms with Crippen LogP contribution < -0.4 is 20.1 Å². The largest absolute Gasteiger partial charge is 0.454 e. The van der Waals surface area contributed by atoms with Crippen molar-refractivity contribution in [2.75, 3.05) is 13.3 Å². The molecule has 0 aliphatic carbocycles. The number of hydrogen-bond donors (Lipinski definition) is 2. The van der Waals surface area contributed by atoms with E-state index < -0.39 is 0 Å². The Labute approximate surface area is 128 Å². The molecular formula is C16H17N3O3. The predicted octanol–water partition coefficient (Wildman–Crippen LogP) is 1.22. The molecule has 0 saturated heterocycles. The minimum atomic E-state index is -0.0513. The third-order valence-electron chi connectivity index (χ3n) is 3.26. The van der Waals surface area contributed by atoms with Crippen LogP contribution >= 0.6 is 0 Å². The Morgan fingerprint density at radius 3 is 2.91 bits per heavy atom. The monoisotopic (exact) mass is 299 g/mol. The second-order valence-corrected chi connectivity index (χ2v) is 4.93. The number of carbonyl (C=O) groups excluding carboxylic acids is 1. The number of nitrogens with zero attached hydrogens (tertiary/aromatic N) is 1. The second-order valence-electron chi connectivity index (χ2n) is 4.93. The Morgan fingerprint density at radius 2 is 2.05 bits per heavy atom. The number of pyridine rings is 1. The van der Waals surface area contributed by atoms with Gasteiger partial charge in [-0.05, 0) is 29.3 Å². The maximum atomic E-state index is 11.8. The molecule has 6 heteroatoms. The van der Waals surface area contributed by atoms with Gasteiger partial charge in [0.05, 0.1) is 6.54 Å². The van der Waals surface area contributed by atoms with E-state index in [1.165, 1.54) is 0 Å². The molecular weight excluding hydrogens is 282 g/mol. The van der Waals surface area contributed by atoms with Gasteiger partial charge >= 0.3 is 0 Å². The maximum Gasteiger partial charge on any atom is 0.234 e. The Hall–Kier alpha value is -2.60. The highest BCUT2D eigenvalue weighted by Gasteiger charge is 2.13. The third kappa shape index (κ3) is 3.73. The average molecular weight is 299 g/mol. The summed E-state index contributed by atoms with van der Waals surface area (Å²) in [5.74, 6) is 1.46. The van der Waals surface area contributed by atoms with E-state index in [4.69, 9.17) is 9.47 Å². The van der Waals surface area contributed by atoms with E-state index in [-0.39, 0.29) is 19.2 Å². The first-order chi connectivity index (χ1) is 10.8. The molecule has 1 aromatic heterocycles. The Balaban J connectivity index is 1.40. The average Bonchev–Trinajstić information content (AvgIpc) is 3.02. The standard InChI is InChI=1S/C16H17N3O3/c20-16(19-9-13-2-1-5-17-8-13)10-18-7-12-3-4-14-15(6-12)22-11-21-14/h1-6,8,18H,7,9-11H2,(H,19,20). The molecule has 114 valence electrons. The van der Waals surface area contributed by atoms with Crippen molar-refractivity contribution in [1.29, 1.82) is 0 Å². The number of fused-ring (bicyclic) bond motifs is 1. The molecule has 0 spiro atoms. The van der Waals surface area contributed by atoms with Crippen LogP contribution in [0.2, 0.25) is 0 Å². The molecule has 0 unspecified atom stereocenters. The Morgan fingerprint density at radius 1 is 1.14 bits per heavy atom. The molecule has 1 aliphatic rings. The molecule has 2 aromatic rings. The van der Waals surface area contributed by atoms with Gasteiger partial charge in [0.25, 0.3) is 0 Å². The highest BCUT2D eigenvalue weighted by molar-refractivity contribution is 5.77. The third-order valence-corrected chi connectivity index (χ3v) is 3.26. The number of rotatable bonds is 6. The van der Waals surface area contributed by atoms with Gasteiger partial charge in [0, 0.05) is 25.5 Å². The first kappa shape index (κ1) is 14.3. The minimum absolute atomic E-state index is 0.0513. The summed E-state index contributed by atoms with van der Waals surface area (Å²) in [6.07, 6.45) is 3.44. The molecule has 22 heavy (non-hydrogen) atoms. The molecule has 0 saturated carbocycles. The normalized spacial score (nSPS) is 12.2. The summed E-state index contributed by atoms with van der Waals surface area (Å²) in [7, 11) is 0. The lowest BCUT2D eigenvalue weighted by Gasteiger charge is -2.07. The van der Waals surface area contributed by atoms with Crippen LogP contribution in [0.5, 0.6) is 11.5 Å². The molecule has 1 aliphatic heterocycles. The van der Waals surface area contributed by atoms with Gasteiger partial charge in [-0.25, -0.2) is 0 Å². The van der Waals surface area contributed by atoms with Crippen molar-refractivity contribution in [2.45, 2.75) is 13.1 Å². The number of nitrogens with one attached hydrogen (secondary N) is 2. The van der Waals surface area contributed by atoms with Crippen LogP contribution in [0.3, 0.4) is 0 Å². The fraction of sp³-hybridized carbons (Fsp3) is 0.250. The molecule has 0 bridgehead atoms. The molecule has 1 amide bonds. The Kier molecular flexibility index (Phi) is 4.50. The van der Waals surface area contributed by atoms with Crippen LogP contribution in [0.15, 0.2) is 42.7 Å². The van der Waals surface area contributed by atoms with E-state index in [9.17, 15) is 4.79 Å². The summed E-state index contributed by atoms with van der Waals surface area (Å²) < 4.78 is 10.6. The van der Waals surface area contributed by atoms with Crippen LogP contribution in [-0.2, 0) is 17.9 Å². The summed E-state index contributed by atoms with van der Waals surface area (Å²) in [6.45, 7) is 1.60. The van der Waals surface area contributed by atoms with Gasteiger partial charge in [0.1, 0.15) is 0 Å². The van der Waals surface area contributed by atoms with Crippen molar-refractivity contribution in [3.8, 4) is 11.5 Å². The predicted molar refractivity (Wildman–Crippen MR) is 80.4 cm³/mol. The first-order valence-corrected chi connectivity index (χ1v) is 7.06. The van der Waals surface area contributed by atoms with Crippen molar-refractivity contribution >= 4 is 5.91 Å². The molecule has 0 fully saturated rings. The maximum absolute atomic E-state index is 11.8. The SMILES string of the molecule is O=C(CNCc1ccc2c(c1)OCO2)NCc1cccnc1. The van der Waals surface area contributed by atoms with E-state index >= 15 is 0 Å². The summed E-state index contributed by atoms with van der Waals surface area (Å²) in [5.41, 5.74) is 2.02. The Bertz CT molecular complexity index is 646. The van der Waals surface area contributed by atoms with Crippen LogP contribution in [0, 0.1) is 0 Å². The summed E-state index contributed by atoms with van der Waals surface area (Å²) in [4.78, 5) is 15.8. The van der Waals surface area contributed by atoms with Gasteiger partial charge in [0.15, 0.2) is 11.5 Å². The van der Waals surface area contributed by atoms with Gasteiger partial charge in [-0.3, -0.25) is 9.78 Å². The van der Waals surface area contributed by atoms with Crippen molar-refractivity contribution in [3.05, 3.63) is 53.9 Å². The number of hydrogen-bond acceptors (Lipinski definition) is 5. The molecule has 1 aromatic carbocycles. The summed E-state index contributed by atoms with van der Waals surface area (Å²) in [5, 5.41) is 5.95. The van der Waals surface area contributed by atoms with Gasteiger partial charge < -0.3 is 20.1 Å². The number of aromatic nitrogens is 1. The van der Waals surface area contributed by atoms with E-state index in [0.29, 0.717) is 13.1 Å². The zero-order chi connectivity index (χ0) is 15.2. The molecule has 0 atom stereocenters. The fourth-order valence-corrected chi connectivity index (χ4v) is 2.14. The molecule has 6 nitrogen and oxygen atoms in total. The zero-order valence-corrected chi connectivity index (χ0v) is 12.0. The van der Waals surface area contributed by atoms with Gasteiger partial charge in [-0.15, -0.1) is 0 Å². The number of benzene rings is 1. The summed E-state index contributed by atoms with van der Waals surface area (Å²) in [6, 6.07) is 9.52. The lowest BCUT2D eigenvalue weighted by Crippen LogP contribution is -2.33. The topological polar surface area (TPSA) is 72.5 Å². The van der Waals surface area contributed by atoms with Crippen molar-refractivity contribution in [1.82, 2.24) is 15.6 Å². The van der Waals surface area contributed by atoms with E-state index in [0.717, 1.165) is 22.6 Å². The minimum Gasteiger partial charge on any atom is -0.454 e. The molecule has 2 N–H and O–H groups in total. The van der Waals surface area contributed by atoms with Crippen LogP contribution in [-0.4, -0.2) is 24.2 Å². The highest BCUT2D eigenvalue weighted by atomic mass is 16.7. The molecule has 0 radical (unpaired) electrons. The van der Waals surface area contributed by atoms with Gasteiger partial charge in [-0.2, -0.15) is 0 Å². The zero-order valence-electron chi connectivity index (χ0n) is 12.0. The van der Waals surface area contributed by atoms with Crippen molar-refractivity contribution < 1.29 is 14.3 Å². The van der Waals surface area contributed by atoms with Gasteiger partial charge in [0.2, 0.25) is 12.7 Å². The van der Waals surface area contributed by atoms with Crippen LogP contribution in [0.1, 0.15) is 11.1 Å². The molecule has 2 heterocycles. The number of amides is 1. The highest BCUT2D eigenvalue weighted by Crippen LogP contribution is 2.32. The lowest BCUT2D eigenvalue weighted by atomic mass is 10.2. The quantitative estimate of drug-likeness (QED) is 0.839. The molecule has 3 rings (SSSR count). The van der Waals surface area contributed by atoms with Crippen LogP contribution in [0.25, 0.3) is 0 Å². The summed E-state index contributed by atoms with van der Waals surface area (Å²) >= 11 is 0. The lowest BCUT2D eigenvalue weighted by molar-refractivity contribution is -0.120. The fourth-order valence-electron chi connectivity index (χ4n) is 2.14.